The van der Waals surface area contributed by atoms with Gasteiger partial charge in [-0.3, -0.25) is 14.6 Å². The van der Waals surface area contributed by atoms with E-state index in [1.165, 1.54) is 6.21 Å². The highest BCUT2D eigenvalue weighted by atomic mass is 35.5. The molecule has 84 valence electrons. The van der Waals surface area contributed by atoms with E-state index < -0.39 is 17.7 Å². The molecule has 0 amide bonds. The van der Waals surface area contributed by atoms with E-state index in [1.807, 2.05) is 13.0 Å². The van der Waals surface area contributed by atoms with Crippen molar-refractivity contribution in [3.8, 4) is 0 Å². The van der Waals surface area contributed by atoms with Crippen LogP contribution in [-0.4, -0.2) is 23.1 Å². The molecule has 0 saturated carbocycles. The third-order valence-corrected chi connectivity index (χ3v) is 2.33. The minimum absolute atomic E-state index is 0. The van der Waals surface area contributed by atoms with E-state index >= 15 is 0 Å². The first-order valence-electron chi connectivity index (χ1n) is 4.51. The first kappa shape index (κ1) is 12.4. The molecule has 1 aliphatic heterocycles. The average Bonchev–Trinajstić information content (AvgIpc) is 2.19. The van der Waals surface area contributed by atoms with Crippen molar-refractivity contribution in [2.24, 2.45) is 10.9 Å². The first-order valence-corrected chi connectivity index (χ1v) is 4.51. The van der Waals surface area contributed by atoms with Gasteiger partial charge in [-0.25, -0.2) is 0 Å². The number of ketones is 1. The van der Waals surface area contributed by atoms with E-state index in [2.05, 4.69) is 4.99 Å². The van der Waals surface area contributed by atoms with Crippen LogP contribution < -0.4 is 0 Å². The molecule has 1 unspecified atom stereocenters. The number of halogens is 1. The number of carboxylic acid groups (broad SMARTS) is 1. The summed E-state index contributed by atoms with van der Waals surface area (Å²) < 4.78 is 0. The van der Waals surface area contributed by atoms with Crippen LogP contribution in [-0.2, 0) is 4.79 Å². The van der Waals surface area contributed by atoms with Crippen molar-refractivity contribution < 1.29 is 14.7 Å². The van der Waals surface area contributed by atoms with Crippen LogP contribution in [0.1, 0.15) is 15.9 Å². The number of rotatable bonds is 1. The van der Waals surface area contributed by atoms with Gasteiger partial charge in [0.2, 0.25) is 0 Å². The Balaban J connectivity index is 0.00000128. The zero-order chi connectivity index (χ0) is 11.0. The van der Waals surface area contributed by atoms with Gasteiger partial charge in [-0.1, -0.05) is 11.6 Å². The minimum atomic E-state index is -1.16. The van der Waals surface area contributed by atoms with Crippen LogP contribution in [0.2, 0.25) is 0 Å². The maximum absolute atomic E-state index is 11.7. The van der Waals surface area contributed by atoms with Crippen LogP contribution in [0.15, 0.2) is 23.2 Å². The second-order valence-corrected chi connectivity index (χ2v) is 3.48. The Morgan fingerprint density at radius 2 is 2.12 bits per heavy atom. The second-order valence-electron chi connectivity index (χ2n) is 3.48. The summed E-state index contributed by atoms with van der Waals surface area (Å²) in [6.07, 6.45) is 1.18. The third kappa shape index (κ3) is 1.97. The van der Waals surface area contributed by atoms with E-state index in [-0.39, 0.29) is 12.4 Å². The predicted molar refractivity (Wildman–Crippen MR) is 62.0 cm³/mol. The van der Waals surface area contributed by atoms with E-state index in [9.17, 15) is 9.59 Å². The fourth-order valence-corrected chi connectivity index (χ4v) is 1.53. The largest absolute Gasteiger partial charge is 0.480 e. The lowest BCUT2D eigenvalue weighted by atomic mass is 9.94. The van der Waals surface area contributed by atoms with Gasteiger partial charge in [0.1, 0.15) is 0 Å². The van der Waals surface area contributed by atoms with Crippen LogP contribution in [0.25, 0.3) is 0 Å². The number of hydrogen-bond donors (Lipinski definition) is 1. The molecule has 1 aromatic rings. The van der Waals surface area contributed by atoms with Crippen molar-refractivity contribution in [3.63, 3.8) is 0 Å². The van der Waals surface area contributed by atoms with Crippen molar-refractivity contribution >= 4 is 36.1 Å². The molecule has 2 rings (SSSR count). The highest BCUT2D eigenvalue weighted by molar-refractivity contribution is 6.22. The Morgan fingerprint density at radius 1 is 1.44 bits per heavy atom. The zero-order valence-electron chi connectivity index (χ0n) is 8.51. The molecule has 0 bridgehead atoms. The minimum Gasteiger partial charge on any atom is -0.480 e. The lowest BCUT2D eigenvalue weighted by Crippen LogP contribution is -2.27. The van der Waals surface area contributed by atoms with Crippen LogP contribution in [0.3, 0.4) is 0 Å². The van der Waals surface area contributed by atoms with Gasteiger partial charge in [0.05, 0.1) is 5.69 Å². The number of carboxylic acids is 1. The van der Waals surface area contributed by atoms with Crippen LogP contribution in [0.4, 0.5) is 5.69 Å². The van der Waals surface area contributed by atoms with Crippen LogP contribution in [0, 0.1) is 12.8 Å². The number of aryl methyl sites for hydroxylation is 1. The van der Waals surface area contributed by atoms with Gasteiger partial charge < -0.3 is 5.11 Å². The lowest BCUT2D eigenvalue weighted by molar-refractivity contribution is -0.137. The summed E-state index contributed by atoms with van der Waals surface area (Å²) in [4.78, 5) is 26.4. The highest BCUT2D eigenvalue weighted by Gasteiger charge is 2.30. The average molecular weight is 240 g/mol. The van der Waals surface area contributed by atoms with Crippen molar-refractivity contribution in [1.82, 2.24) is 0 Å². The van der Waals surface area contributed by atoms with Gasteiger partial charge in [0, 0.05) is 11.8 Å². The monoisotopic (exact) mass is 239 g/mol. The molecule has 4 nitrogen and oxygen atoms in total. The molecule has 0 saturated heterocycles. The molecule has 0 aromatic heterocycles. The number of aliphatic carboxylic acids is 1. The number of hydrogen-bond acceptors (Lipinski definition) is 3. The Labute approximate surface area is 98.4 Å². The second kappa shape index (κ2) is 4.45. The normalized spacial score (nSPS) is 17.6. The molecule has 5 heteroatoms. The predicted octanol–water partition coefficient (Wildman–Crippen LogP) is 2.02. The summed E-state index contributed by atoms with van der Waals surface area (Å²) in [7, 11) is 0. The number of carbonyl (C=O) groups excluding carboxylic acids is 1. The number of carbonyl (C=O) groups is 2. The van der Waals surface area contributed by atoms with Crippen molar-refractivity contribution in [3.05, 3.63) is 29.3 Å². The summed E-state index contributed by atoms with van der Waals surface area (Å²) in [5, 5.41) is 8.79. The molecule has 0 spiro atoms. The summed E-state index contributed by atoms with van der Waals surface area (Å²) in [6.45, 7) is 1.85. The van der Waals surface area contributed by atoms with Gasteiger partial charge in [0.25, 0.3) is 0 Å². The Kier molecular flexibility index (Phi) is 3.44. The van der Waals surface area contributed by atoms with Crippen molar-refractivity contribution in [1.29, 1.82) is 0 Å². The molecule has 0 radical (unpaired) electrons. The summed E-state index contributed by atoms with van der Waals surface area (Å²) in [5.74, 6) is -2.69. The molecule has 1 aliphatic rings. The molecule has 1 aromatic carbocycles. The van der Waals surface area contributed by atoms with E-state index in [0.29, 0.717) is 11.3 Å². The van der Waals surface area contributed by atoms with Crippen molar-refractivity contribution in [2.75, 3.05) is 0 Å². The Bertz CT molecular complexity index is 482. The topological polar surface area (TPSA) is 66.7 Å². The molecule has 0 fully saturated rings. The van der Waals surface area contributed by atoms with Crippen LogP contribution in [0.5, 0.6) is 0 Å². The summed E-state index contributed by atoms with van der Waals surface area (Å²) in [5.41, 5.74) is 1.86. The molecular formula is C11H10ClNO3. The lowest BCUT2D eigenvalue weighted by Gasteiger charge is -2.14. The molecule has 1 N–H and O–H groups in total. The summed E-state index contributed by atoms with van der Waals surface area (Å²) in [6, 6.07) is 5.23. The first-order chi connectivity index (χ1) is 7.09. The maximum atomic E-state index is 11.7. The van der Waals surface area contributed by atoms with E-state index in [4.69, 9.17) is 5.11 Å². The Morgan fingerprint density at radius 3 is 2.75 bits per heavy atom. The van der Waals surface area contributed by atoms with Gasteiger partial charge in [-0.05, 0) is 19.1 Å². The molecule has 1 atom stereocenters. The number of Topliss-reactive ketones (excluding diaryl/α,β-unsaturated/α-hetero) is 1. The smallest absolute Gasteiger partial charge is 0.319 e. The van der Waals surface area contributed by atoms with Crippen LogP contribution >= 0.6 is 12.4 Å². The molecule has 0 aliphatic carbocycles. The SMILES string of the molecule is Cc1ccc2c(c1)C(=O)C(C(=O)O)C=N2.Cl. The number of fused-ring (bicyclic) bond motifs is 1. The van der Waals surface area contributed by atoms with Gasteiger partial charge >= 0.3 is 5.97 Å². The van der Waals surface area contributed by atoms with Gasteiger partial charge in [-0.2, -0.15) is 0 Å². The van der Waals surface area contributed by atoms with Crippen molar-refractivity contribution in [2.45, 2.75) is 6.92 Å². The van der Waals surface area contributed by atoms with E-state index in [1.54, 1.807) is 12.1 Å². The zero-order valence-corrected chi connectivity index (χ0v) is 9.32. The summed E-state index contributed by atoms with van der Waals surface area (Å²) >= 11 is 0. The quantitative estimate of drug-likeness (QED) is 0.763. The highest BCUT2D eigenvalue weighted by Crippen LogP contribution is 2.27. The van der Waals surface area contributed by atoms with Gasteiger partial charge in [-0.15, -0.1) is 12.4 Å². The fraction of sp³-hybridized carbons (Fsp3) is 0.182. The Hall–Kier alpha value is -1.68. The number of nitrogens with zero attached hydrogens (tertiary/aromatic N) is 1. The maximum Gasteiger partial charge on any atom is 0.319 e. The molecular weight excluding hydrogens is 230 g/mol. The molecule has 1 heterocycles. The number of aliphatic imine (C=N–C) groups is 1. The number of benzene rings is 1. The standard InChI is InChI=1S/C11H9NO3.ClH/c1-6-2-3-9-7(4-6)10(13)8(5-12-9)11(14)15;/h2-5,8H,1H3,(H,14,15);1H. The third-order valence-electron chi connectivity index (χ3n) is 2.33. The fourth-order valence-electron chi connectivity index (χ4n) is 1.53. The van der Waals surface area contributed by atoms with E-state index in [0.717, 1.165) is 5.56 Å². The molecule has 16 heavy (non-hydrogen) atoms. The van der Waals surface area contributed by atoms with Gasteiger partial charge in [0.15, 0.2) is 11.7 Å².